The number of carbonyl (C=O) groups excluding carboxylic acids is 2. The van der Waals surface area contributed by atoms with Crippen LogP contribution in [0.1, 0.15) is 12.2 Å². The van der Waals surface area contributed by atoms with Crippen LogP contribution in [0.25, 0.3) is 0 Å². The summed E-state index contributed by atoms with van der Waals surface area (Å²) in [4.78, 5) is 24.5. The highest BCUT2D eigenvalue weighted by molar-refractivity contribution is 7.89. The van der Waals surface area contributed by atoms with Crippen molar-refractivity contribution in [3.05, 3.63) is 54.5 Å². The molecule has 0 radical (unpaired) electrons. The Morgan fingerprint density at radius 1 is 1.23 bits per heavy atom. The average molecular weight is 377 g/mol. The molecule has 9 heteroatoms. The first-order valence-electron chi connectivity index (χ1n) is 8.12. The molecule has 3 rings (SSSR count). The number of benzene rings is 1. The second kappa shape index (κ2) is 7.71. The van der Waals surface area contributed by atoms with E-state index in [1.165, 1.54) is 18.4 Å². The van der Waals surface area contributed by atoms with Crippen LogP contribution < -0.4 is 10.6 Å². The molecule has 2 amide bonds. The smallest absolute Gasteiger partial charge is 0.243 e. The molecule has 26 heavy (non-hydrogen) atoms. The molecule has 1 atom stereocenters. The summed E-state index contributed by atoms with van der Waals surface area (Å²) in [5, 5.41) is 5.25. The SMILES string of the molecule is O=C(C[C@H]1C(=O)NCCN1S(=O)(=O)c1ccccc1)NCc1ccco1. The molecule has 1 aromatic heterocycles. The Bertz CT molecular complexity index is 865. The minimum Gasteiger partial charge on any atom is -0.467 e. The van der Waals surface area contributed by atoms with E-state index in [2.05, 4.69) is 10.6 Å². The molecule has 2 heterocycles. The highest BCUT2D eigenvalue weighted by Gasteiger charge is 2.39. The summed E-state index contributed by atoms with van der Waals surface area (Å²) in [5.41, 5.74) is 0. The molecule has 1 saturated heterocycles. The van der Waals surface area contributed by atoms with Crippen molar-refractivity contribution in [1.29, 1.82) is 0 Å². The predicted octanol–water partition coefficient (Wildman–Crippen LogP) is 0.475. The van der Waals surface area contributed by atoms with Crippen LogP contribution in [-0.4, -0.2) is 43.7 Å². The number of nitrogens with one attached hydrogen (secondary N) is 2. The standard InChI is InChI=1S/C17H19N3O5S/c21-16(19-12-13-5-4-10-25-13)11-15-17(22)18-8-9-20(15)26(23,24)14-6-2-1-3-7-14/h1-7,10,15H,8-9,11-12H2,(H,18,22)(H,19,21)/t15-/m0/s1. The number of hydrogen-bond donors (Lipinski definition) is 2. The summed E-state index contributed by atoms with van der Waals surface area (Å²) in [5.74, 6) is -0.346. The summed E-state index contributed by atoms with van der Waals surface area (Å²) in [7, 11) is -3.87. The van der Waals surface area contributed by atoms with E-state index in [-0.39, 0.29) is 31.0 Å². The van der Waals surface area contributed by atoms with Crippen LogP contribution >= 0.6 is 0 Å². The van der Waals surface area contributed by atoms with Gasteiger partial charge in [0.25, 0.3) is 0 Å². The fraction of sp³-hybridized carbons (Fsp3) is 0.294. The third-order valence-corrected chi connectivity index (χ3v) is 5.97. The molecule has 1 aliphatic heterocycles. The van der Waals surface area contributed by atoms with Gasteiger partial charge < -0.3 is 15.1 Å². The molecule has 2 aromatic rings. The van der Waals surface area contributed by atoms with E-state index < -0.39 is 27.9 Å². The first kappa shape index (κ1) is 18.2. The van der Waals surface area contributed by atoms with Gasteiger partial charge >= 0.3 is 0 Å². The molecule has 1 aromatic carbocycles. The van der Waals surface area contributed by atoms with Crippen molar-refractivity contribution >= 4 is 21.8 Å². The summed E-state index contributed by atoms with van der Waals surface area (Å²) >= 11 is 0. The number of rotatable bonds is 6. The van der Waals surface area contributed by atoms with Gasteiger partial charge in [0, 0.05) is 13.1 Å². The second-order valence-corrected chi connectivity index (χ2v) is 7.69. The molecule has 0 saturated carbocycles. The first-order valence-corrected chi connectivity index (χ1v) is 9.56. The van der Waals surface area contributed by atoms with Crippen LogP contribution in [0.4, 0.5) is 0 Å². The first-order chi connectivity index (χ1) is 12.5. The van der Waals surface area contributed by atoms with Gasteiger partial charge in [-0.3, -0.25) is 9.59 Å². The average Bonchev–Trinajstić information content (AvgIpc) is 3.16. The van der Waals surface area contributed by atoms with Gasteiger partial charge in [-0.25, -0.2) is 8.42 Å². The third kappa shape index (κ3) is 3.94. The quantitative estimate of drug-likeness (QED) is 0.761. The van der Waals surface area contributed by atoms with Crippen molar-refractivity contribution in [2.75, 3.05) is 13.1 Å². The molecule has 0 unspecified atom stereocenters. The van der Waals surface area contributed by atoms with Crippen LogP contribution in [-0.2, 0) is 26.2 Å². The molecule has 0 spiro atoms. The molecule has 0 bridgehead atoms. The number of hydrogen-bond acceptors (Lipinski definition) is 5. The molecule has 138 valence electrons. The lowest BCUT2D eigenvalue weighted by molar-refractivity contribution is -0.131. The maximum atomic E-state index is 12.9. The Hall–Kier alpha value is -2.65. The van der Waals surface area contributed by atoms with E-state index in [4.69, 9.17) is 4.42 Å². The van der Waals surface area contributed by atoms with Gasteiger partial charge in [0.1, 0.15) is 11.8 Å². The van der Waals surface area contributed by atoms with Crippen LogP contribution in [0.5, 0.6) is 0 Å². The monoisotopic (exact) mass is 377 g/mol. The van der Waals surface area contributed by atoms with Gasteiger partial charge in [0.15, 0.2) is 0 Å². The maximum absolute atomic E-state index is 12.9. The molecular weight excluding hydrogens is 358 g/mol. The summed E-state index contributed by atoms with van der Waals surface area (Å²) < 4.78 is 32.0. The largest absolute Gasteiger partial charge is 0.467 e. The zero-order valence-electron chi connectivity index (χ0n) is 13.9. The van der Waals surface area contributed by atoms with Crippen molar-refractivity contribution in [3.63, 3.8) is 0 Å². The Morgan fingerprint density at radius 2 is 2.00 bits per heavy atom. The van der Waals surface area contributed by atoms with E-state index in [0.717, 1.165) is 4.31 Å². The number of piperazine rings is 1. The van der Waals surface area contributed by atoms with Gasteiger partial charge in [-0.2, -0.15) is 4.31 Å². The molecule has 1 fully saturated rings. The number of sulfonamides is 1. The fourth-order valence-corrected chi connectivity index (χ4v) is 4.36. The highest BCUT2D eigenvalue weighted by Crippen LogP contribution is 2.21. The van der Waals surface area contributed by atoms with E-state index in [1.54, 1.807) is 30.3 Å². The highest BCUT2D eigenvalue weighted by atomic mass is 32.2. The van der Waals surface area contributed by atoms with Crippen molar-refractivity contribution in [3.8, 4) is 0 Å². The van der Waals surface area contributed by atoms with Crippen molar-refractivity contribution in [1.82, 2.24) is 14.9 Å². The molecule has 2 N–H and O–H groups in total. The normalized spacial score (nSPS) is 18.3. The van der Waals surface area contributed by atoms with Crippen LogP contribution in [0.3, 0.4) is 0 Å². The minimum atomic E-state index is -3.87. The number of nitrogens with zero attached hydrogens (tertiary/aromatic N) is 1. The Kier molecular flexibility index (Phi) is 5.38. The number of amides is 2. The summed E-state index contributed by atoms with van der Waals surface area (Å²) in [6.45, 7) is 0.486. The summed E-state index contributed by atoms with van der Waals surface area (Å²) in [6, 6.07) is 10.2. The Morgan fingerprint density at radius 3 is 2.69 bits per heavy atom. The van der Waals surface area contributed by atoms with Crippen molar-refractivity contribution < 1.29 is 22.4 Å². The Balaban J connectivity index is 1.74. The van der Waals surface area contributed by atoms with E-state index in [0.29, 0.717) is 5.76 Å². The van der Waals surface area contributed by atoms with Gasteiger partial charge in [-0.1, -0.05) is 18.2 Å². The maximum Gasteiger partial charge on any atom is 0.243 e. The van der Waals surface area contributed by atoms with Crippen molar-refractivity contribution in [2.24, 2.45) is 0 Å². The lowest BCUT2D eigenvalue weighted by Gasteiger charge is -2.33. The molecule has 0 aliphatic carbocycles. The Labute approximate surface area is 151 Å². The molecule has 8 nitrogen and oxygen atoms in total. The van der Waals surface area contributed by atoms with Crippen LogP contribution in [0.15, 0.2) is 58.0 Å². The lowest BCUT2D eigenvalue weighted by atomic mass is 10.1. The third-order valence-electron chi connectivity index (χ3n) is 4.05. The molecular formula is C17H19N3O5S. The lowest BCUT2D eigenvalue weighted by Crippen LogP contribution is -2.58. The zero-order valence-corrected chi connectivity index (χ0v) is 14.7. The van der Waals surface area contributed by atoms with E-state index >= 15 is 0 Å². The fourth-order valence-electron chi connectivity index (χ4n) is 2.75. The van der Waals surface area contributed by atoms with E-state index in [1.807, 2.05) is 0 Å². The van der Waals surface area contributed by atoms with Crippen LogP contribution in [0.2, 0.25) is 0 Å². The van der Waals surface area contributed by atoms with Gasteiger partial charge in [-0.15, -0.1) is 0 Å². The van der Waals surface area contributed by atoms with Crippen LogP contribution in [0, 0.1) is 0 Å². The molecule has 1 aliphatic rings. The van der Waals surface area contributed by atoms with Crippen molar-refractivity contribution in [2.45, 2.75) is 23.9 Å². The zero-order chi connectivity index (χ0) is 18.6. The van der Waals surface area contributed by atoms with Gasteiger partial charge in [0.05, 0.1) is 24.1 Å². The van der Waals surface area contributed by atoms with Gasteiger partial charge in [-0.05, 0) is 24.3 Å². The van der Waals surface area contributed by atoms with Gasteiger partial charge in [0.2, 0.25) is 21.8 Å². The number of carbonyl (C=O) groups is 2. The summed E-state index contributed by atoms with van der Waals surface area (Å²) in [6.07, 6.45) is 1.23. The minimum absolute atomic E-state index is 0.0932. The number of furan rings is 1. The predicted molar refractivity (Wildman–Crippen MR) is 92.3 cm³/mol. The topological polar surface area (TPSA) is 109 Å². The second-order valence-electron chi connectivity index (χ2n) is 5.80. The van der Waals surface area contributed by atoms with E-state index in [9.17, 15) is 18.0 Å².